The van der Waals surface area contributed by atoms with Crippen LogP contribution in [0.1, 0.15) is 0 Å². The van der Waals surface area contributed by atoms with Gasteiger partial charge in [-0.25, -0.2) is 9.97 Å². The highest BCUT2D eigenvalue weighted by molar-refractivity contribution is 5.90. The van der Waals surface area contributed by atoms with E-state index in [2.05, 4.69) is 36.6 Å². The molecule has 7 heteroatoms. The highest BCUT2D eigenvalue weighted by Gasteiger charge is 2.13. The molecule has 1 fully saturated rings. The van der Waals surface area contributed by atoms with Crippen LogP contribution in [0.5, 0.6) is 0 Å². The number of para-hydroxylation sites is 1. The van der Waals surface area contributed by atoms with Gasteiger partial charge in [0.1, 0.15) is 11.6 Å². The topological polar surface area (TPSA) is 69.2 Å². The smallest absolute Gasteiger partial charge is 0.230 e. The van der Waals surface area contributed by atoms with Gasteiger partial charge >= 0.3 is 0 Å². The lowest BCUT2D eigenvalue weighted by Gasteiger charge is -2.29. The molecule has 134 valence electrons. The van der Waals surface area contributed by atoms with Crippen LogP contribution >= 0.6 is 0 Å². The Morgan fingerprint density at radius 2 is 1.88 bits per heavy atom. The molecule has 2 aromatic heterocycles. The second-order valence-electron chi connectivity index (χ2n) is 6.54. The van der Waals surface area contributed by atoms with Crippen molar-refractivity contribution in [1.29, 1.82) is 0 Å². The van der Waals surface area contributed by atoms with Crippen LogP contribution in [-0.2, 0) is 0 Å². The summed E-state index contributed by atoms with van der Waals surface area (Å²) in [4.78, 5) is 18.1. The number of hydrogen-bond donors (Lipinski definition) is 2. The first-order chi connectivity index (χ1) is 12.7. The number of hydrogen-bond acceptors (Lipinski definition) is 7. The van der Waals surface area contributed by atoms with Gasteiger partial charge in [-0.05, 0) is 18.2 Å². The van der Waals surface area contributed by atoms with E-state index in [4.69, 9.17) is 0 Å². The summed E-state index contributed by atoms with van der Waals surface area (Å²) >= 11 is 0. The number of anilines is 4. The molecule has 0 bridgehead atoms. The molecule has 0 radical (unpaired) electrons. The van der Waals surface area contributed by atoms with E-state index >= 15 is 0 Å². The van der Waals surface area contributed by atoms with Crippen molar-refractivity contribution >= 4 is 34.2 Å². The average molecular weight is 349 g/mol. The van der Waals surface area contributed by atoms with E-state index in [0.717, 1.165) is 54.4 Å². The second kappa shape index (κ2) is 7.13. The molecule has 4 rings (SSSR count). The molecule has 0 saturated carbocycles. The fourth-order valence-corrected chi connectivity index (χ4v) is 3.18. The van der Waals surface area contributed by atoms with Crippen molar-refractivity contribution in [2.24, 2.45) is 0 Å². The van der Waals surface area contributed by atoms with E-state index in [-0.39, 0.29) is 0 Å². The normalized spacial score (nSPS) is 14.5. The molecule has 3 aromatic rings. The molecule has 2 N–H and O–H groups in total. The Morgan fingerprint density at radius 1 is 1.08 bits per heavy atom. The average Bonchev–Trinajstić information content (AvgIpc) is 2.68. The highest BCUT2D eigenvalue weighted by atomic mass is 15.2. The first-order valence-corrected chi connectivity index (χ1v) is 8.83. The van der Waals surface area contributed by atoms with Crippen LogP contribution < -0.4 is 20.4 Å². The first kappa shape index (κ1) is 16.5. The van der Waals surface area contributed by atoms with Crippen molar-refractivity contribution in [3.63, 3.8) is 0 Å². The van der Waals surface area contributed by atoms with Crippen molar-refractivity contribution in [3.8, 4) is 0 Å². The molecule has 1 aliphatic rings. The first-order valence-electron chi connectivity index (χ1n) is 8.83. The lowest BCUT2D eigenvalue weighted by atomic mass is 10.2. The van der Waals surface area contributed by atoms with Crippen LogP contribution in [-0.4, -0.2) is 55.2 Å². The van der Waals surface area contributed by atoms with Crippen molar-refractivity contribution in [2.45, 2.75) is 0 Å². The molecule has 1 aliphatic heterocycles. The van der Waals surface area contributed by atoms with E-state index in [1.807, 2.05) is 55.5 Å². The predicted octanol–water partition coefficient (Wildman–Crippen LogP) is 2.24. The molecule has 1 aromatic carbocycles. The van der Waals surface area contributed by atoms with Crippen LogP contribution in [0.3, 0.4) is 0 Å². The van der Waals surface area contributed by atoms with E-state index in [9.17, 15) is 0 Å². The zero-order chi connectivity index (χ0) is 17.9. The third kappa shape index (κ3) is 3.39. The molecular formula is C19H23N7. The summed E-state index contributed by atoms with van der Waals surface area (Å²) in [5, 5.41) is 7.68. The summed E-state index contributed by atoms with van der Waals surface area (Å²) in [6, 6.07) is 12.1. The van der Waals surface area contributed by atoms with Gasteiger partial charge in [-0.15, -0.1) is 0 Å². The molecule has 0 atom stereocenters. The minimum absolute atomic E-state index is 0.553. The fraction of sp³-hybridized carbons (Fsp3) is 0.316. The Kier molecular flexibility index (Phi) is 4.53. The van der Waals surface area contributed by atoms with Crippen LogP contribution in [0.2, 0.25) is 0 Å². The summed E-state index contributed by atoms with van der Waals surface area (Å²) in [6.07, 6.45) is 1.83. The van der Waals surface area contributed by atoms with Gasteiger partial charge in [-0.3, -0.25) is 0 Å². The third-order valence-corrected chi connectivity index (χ3v) is 4.47. The maximum atomic E-state index is 4.68. The van der Waals surface area contributed by atoms with E-state index in [1.54, 1.807) is 0 Å². The summed E-state index contributed by atoms with van der Waals surface area (Å²) < 4.78 is 0. The van der Waals surface area contributed by atoms with Gasteiger partial charge in [0.15, 0.2) is 0 Å². The third-order valence-electron chi connectivity index (χ3n) is 4.47. The molecule has 1 saturated heterocycles. The Labute approximate surface area is 153 Å². The van der Waals surface area contributed by atoms with Gasteiger partial charge in [0.2, 0.25) is 5.95 Å². The van der Waals surface area contributed by atoms with Gasteiger partial charge in [0, 0.05) is 63.6 Å². The van der Waals surface area contributed by atoms with Gasteiger partial charge in [0.05, 0.1) is 5.52 Å². The zero-order valence-electron chi connectivity index (χ0n) is 15.1. The van der Waals surface area contributed by atoms with Crippen molar-refractivity contribution in [2.75, 3.05) is 55.4 Å². The fourth-order valence-electron chi connectivity index (χ4n) is 3.18. The van der Waals surface area contributed by atoms with Gasteiger partial charge in [0.25, 0.3) is 0 Å². The number of fused-ring (bicyclic) bond motifs is 1. The standard InChI is InChI=1S/C19H23N7/c1-25(2)18-15-5-3-4-6-16(15)22-19(24-18)23-17-13-14(7-8-21-17)26-11-9-20-10-12-26/h3-8,13,20H,9-12H2,1-2H3,(H,21,22,23,24). The Balaban J connectivity index is 1.65. The van der Waals surface area contributed by atoms with Crippen LogP contribution in [0.4, 0.5) is 23.3 Å². The highest BCUT2D eigenvalue weighted by Crippen LogP contribution is 2.25. The minimum atomic E-state index is 0.553. The SMILES string of the molecule is CN(C)c1nc(Nc2cc(N3CCNCC3)ccn2)nc2ccccc12. The number of pyridine rings is 1. The molecule has 7 nitrogen and oxygen atoms in total. The largest absolute Gasteiger partial charge is 0.369 e. The second-order valence-corrected chi connectivity index (χ2v) is 6.54. The number of rotatable bonds is 4. The maximum absolute atomic E-state index is 4.68. The van der Waals surface area contributed by atoms with Crippen LogP contribution in [0.25, 0.3) is 10.9 Å². The lowest BCUT2D eigenvalue weighted by Crippen LogP contribution is -2.43. The number of nitrogens with one attached hydrogen (secondary N) is 2. The number of benzene rings is 1. The van der Waals surface area contributed by atoms with E-state index in [0.29, 0.717) is 5.95 Å². The van der Waals surface area contributed by atoms with Crippen molar-refractivity contribution in [1.82, 2.24) is 20.3 Å². The monoisotopic (exact) mass is 349 g/mol. The van der Waals surface area contributed by atoms with Crippen molar-refractivity contribution < 1.29 is 0 Å². The van der Waals surface area contributed by atoms with Crippen molar-refractivity contribution in [3.05, 3.63) is 42.6 Å². The van der Waals surface area contributed by atoms with E-state index in [1.165, 1.54) is 0 Å². The maximum Gasteiger partial charge on any atom is 0.230 e. The predicted molar refractivity (Wildman–Crippen MR) is 106 cm³/mol. The minimum Gasteiger partial charge on any atom is -0.369 e. The summed E-state index contributed by atoms with van der Waals surface area (Å²) in [5.74, 6) is 2.19. The van der Waals surface area contributed by atoms with Gasteiger partial charge in [-0.2, -0.15) is 4.98 Å². The summed E-state index contributed by atoms with van der Waals surface area (Å²) in [6.45, 7) is 4.01. The quantitative estimate of drug-likeness (QED) is 0.749. The molecule has 0 unspecified atom stereocenters. The number of piperazine rings is 1. The molecule has 0 amide bonds. The molecule has 0 spiro atoms. The van der Waals surface area contributed by atoms with Crippen LogP contribution in [0.15, 0.2) is 42.6 Å². The summed E-state index contributed by atoms with van der Waals surface area (Å²) in [5.41, 5.74) is 2.07. The number of aromatic nitrogens is 3. The Bertz CT molecular complexity index is 903. The molecule has 26 heavy (non-hydrogen) atoms. The van der Waals surface area contributed by atoms with E-state index < -0.39 is 0 Å². The number of nitrogens with zero attached hydrogens (tertiary/aromatic N) is 5. The molecule has 3 heterocycles. The summed E-state index contributed by atoms with van der Waals surface area (Å²) in [7, 11) is 3.98. The zero-order valence-corrected chi connectivity index (χ0v) is 15.1. The molecular weight excluding hydrogens is 326 g/mol. The van der Waals surface area contributed by atoms with Gasteiger partial charge < -0.3 is 20.4 Å². The Hall–Kier alpha value is -2.93. The van der Waals surface area contributed by atoms with Gasteiger partial charge in [-0.1, -0.05) is 12.1 Å². The van der Waals surface area contributed by atoms with Crippen LogP contribution in [0, 0.1) is 0 Å². The Morgan fingerprint density at radius 3 is 2.69 bits per heavy atom. The lowest BCUT2D eigenvalue weighted by molar-refractivity contribution is 0.589. The molecule has 0 aliphatic carbocycles.